The van der Waals surface area contributed by atoms with Gasteiger partial charge in [0.15, 0.2) is 5.82 Å². The molecule has 0 saturated carbocycles. The average molecular weight is 557 g/mol. The number of hydrogen-bond donors (Lipinski definition) is 2. The molecule has 1 atom stereocenters. The van der Waals surface area contributed by atoms with Gasteiger partial charge >= 0.3 is 6.03 Å². The van der Waals surface area contributed by atoms with Crippen LogP contribution in [0.25, 0.3) is 10.9 Å². The number of fused-ring (bicyclic) bond motifs is 1. The highest BCUT2D eigenvalue weighted by molar-refractivity contribution is 6.09. The molecule has 216 valence electrons. The molecule has 1 aromatic heterocycles. The Labute approximate surface area is 232 Å². The van der Waals surface area contributed by atoms with E-state index in [9.17, 15) is 19.5 Å². The SMILES string of the molecule is CC1COC2(CCN(C(=O)CC3(O)CCN(c4cc5c(cc4F)c(N4CCC(=O)NC4=O)nn5C)CC3)CC2)C1. The van der Waals surface area contributed by atoms with Crippen molar-refractivity contribution in [3.05, 3.63) is 17.9 Å². The molecule has 40 heavy (non-hydrogen) atoms. The van der Waals surface area contributed by atoms with Gasteiger partial charge in [-0.15, -0.1) is 0 Å². The summed E-state index contributed by atoms with van der Waals surface area (Å²) in [6.45, 7) is 5.28. The Balaban J connectivity index is 1.10. The maximum atomic E-state index is 15.4. The van der Waals surface area contributed by atoms with Crippen LogP contribution in [0.5, 0.6) is 0 Å². The molecule has 0 bridgehead atoms. The number of imide groups is 1. The van der Waals surface area contributed by atoms with Gasteiger partial charge < -0.3 is 19.6 Å². The van der Waals surface area contributed by atoms with Crippen molar-refractivity contribution in [3.8, 4) is 0 Å². The summed E-state index contributed by atoms with van der Waals surface area (Å²) < 4.78 is 23.1. The van der Waals surface area contributed by atoms with Crippen LogP contribution in [-0.2, 0) is 21.4 Å². The van der Waals surface area contributed by atoms with Gasteiger partial charge in [0, 0.05) is 58.2 Å². The minimum Gasteiger partial charge on any atom is -0.389 e. The first kappa shape index (κ1) is 26.9. The third-order valence-corrected chi connectivity index (χ3v) is 9.15. The normalized spacial score (nSPS) is 24.7. The van der Waals surface area contributed by atoms with E-state index in [-0.39, 0.29) is 36.8 Å². The van der Waals surface area contributed by atoms with Crippen molar-refractivity contribution in [2.75, 3.05) is 49.1 Å². The molecule has 0 radical (unpaired) electrons. The molecule has 1 aromatic carbocycles. The minimum absolute atomic E-state index is 0.0321. The average Bonchev–Trinajstić information content (AvgIpc) is 3.43. The van der Waals surface area contributed by atoms with Crippen LogP contribution >= 0.6 is 0 Å². The summed E-state index contributed by atoms with van der Waals surface area (Å²) in [5.74, 6) is 0.0241. The third kappa shape index (κ3) is 4.91. The summed E-state index contributed by atoms with van der Waals surface area (Å²) in [6, 6.07) is 2.51. The molecule has 1 spiro atoms. The van der Waals surface area contributed by atoms with Crippen molar-refractivity contribution in [3.63, 3.8) is 0 Å². The number of urea groups is 1. The Morgan fingerprint density at radius 1 is 1.15 bits per heavy atom. The zero-order chi connectivity index (χ0) is 28.2. The molecule has 12 heteroatoms. The van der Waals surface area contributed by atoms with Crippen LogP contribution in [0.3, 0.4) is 0 Å². The molecule has 4 saturated heterocycles. The number of likely N-dealkylation sites (tertiary alicyclic amines) is 1. The van der Waals surface area contributed by atoms with E-state index in [1.165, 1.54) is 11.0 Å². The van der Waals surface area contributed by atoms with Crippen LogP contribution in [0.2, 0.25) is 0 Å². The first-order valence-electron chi connectivity index (χ1n) is 14.2. The fourth-order valence-electron chi connectivity index (χ4n) is 6.77. The molecular formula is C28H37FN6O5. The van der Waals surface area contributed by atoms with E-state index in [0.29, 0.717) is 67.3 Å². The predicted octanol–water partition coefficient (Wildman–Crippen LogP) is 2.30. The molecule has 4 aliphatic heterocycles. The molecule has 2 N–H and O–H groups in total. The number of hydrogen-bond acceptors (Lipinski definition) is 7. The van der Waals surface area contributed by atoms with Crippen LogP contribution in [-0.4, -0.2) is 88.2 Å². The quantitative estimate of drug-likeness (QED) is 0.593. The molecule has 1 unspecified atom stereocenters. The maximum absolute atomic E-state index is 15.4. The molecule has 11 nitrogen and oxygen atoms in total. The van der Waals surface area contributed by atoms with E-state index in [1.54, 1.807) is 17.8 Å². The number of rotatable bonds is 4. The Morgan fingerprint density at radius 2 is 1.88 bits per heavy atom. The summed E-state index contributed by atoms with van der Waals surface area (Å²) in [5, 5.41) is 18.5. The lowest BCUT2D eigenvalue weighted by molar-refractivity contribution is -0.142. The van der Waals surface area contributed by atoms with Crippen LogP contribution < -0.4 is 15.1 Å². The second-order valence-corrected chi connectivity index (χ2v) is 12.1. The molecule has 4 aliphatic rings. The highest BCUT2D eigenvalue weighted by atomic mass is 19.1. The van der Waals surface area contributed by atoms with Gasteiger partial charge in [0.2, 0.25) is 11.8 Å². The van der Waals surface area contributed by atoms with E-state index < -0.39 is 17.4 Å². The largest absolute Gasteiger partial charge is 0.389 e. The zero-order valence-corrected chi connectivity index (χ0v) is 23.1. The summed E-state index contributed by atoms with van der Waals surface area (Å²) in [6.07, 6.45) is 3.65. The van der Waals surface area contributed by atoms with Gasteiger partial charge in [-0.1, -0.05) is 6.92 Å². The number of carbonyl (C=O) groups is 3. The first-order valence-corrected chi connectivity index (χ1v) is 14.2. The smallest absolute Gasteiger partial charge is 0.329 e. The van der Waals surface area contributed by atoms with Gasteiger partial charge in [-0.3, -0.25) is 24.5 Å². The zero-order valence-electron chi connectivity index (χ0n) is 23.1. The summed E-state index contributed by atoms with van der Waals surface area (Å²) in [4.78, 5) is 42.1. The van der Waals surface area contributed by atoms with Gasteiger partial charge in [-0.05, 0) is 50.2 Å². The number of nitrogens with zero attached hydrogens (tertiary/aromatic N) is 5. The van der Waals surface area contributed by atoms with Gasteiger partial charge in [0.05, 0.1) is 28.8 Å². The van der Waals surface area contributed by atoms with Gasteiger partial charge in [0.25, 0.3) is 0 Å². The Bertz CT molecular complexity index is 1340. The number of benzene rings is 1. The van der Waals surface area contributed by atoms with Crippen molar-refractivity contribution in [1.82, 2.24) is 20.0 Å². The van der Waals surface area contributed by atoms with Crippen molar-refractivity contribution in [2.24, 2.45) is 13.0 Å². The van der Waals surface area contributed by atoms with Crippen LogP contribution in [0, 0.1) is 11.7 Å². The van der Waals surface area contributed by atoms with E-state index >= 15 is 4.39 Å². The number of aliphatic hydroxyl groups is 1. The number of aromatic nitrogens is 2. The number of aryl methyl sites for hydroxylation is 1. The monoisotopic (exact) mass is 556 g/mol. The summed E-state index contributed by atoms with van der Waals surface area (Å²) in [7, 11) is 1.73. The van der Waals surface area contributed by atoms with E-state index in [1.807, 2.05) is 9.80 Å². The Kier molecular flexibility index (Phi) is 6.73. The second-order valence-electron chi connectivity index (χ2n) is 12.1. The fraction of sp³-hybridized carbons (Fsp3) is 0.643. The fourth-order valence-corrected chi connectivity index (χ4v) is 6.77. The molecule has 4 amide bonds. The molecule has 5 heterocycles. The number of anilines is 2. The predicted molar refractivity (Wildman–Crippen MR) is 145 cm³/mol. The lowest BCUT2D eigenvalue weighted by atomic mass is 9.84. The maximum Gasteiger partial charge on any atom is 0.329 e. The lowest BCUT2D eigenvalue weighted by Crippen LogP contribution is -2.51. The highest BCUT2D eigenvalue weighted by Crippen LogP contribution is 2.39. The van der Waals surface area contributed by atoms with Crippen molar-refractivity contribution in [2.45, 2.75) is 63.1 Å². The number of halogens is 1. The number of piperidine rings is 2. The standard InChI is InChI=1S/C28H37FN6O5/c1-18-15-28(40-17-18)6-11-34(12-7-28)24(37)16-27(39)4-9-33(10-5-27)22-14-21-19(13-20(22)29)25(31-32(21)2)35-8-3-23(36)30-26(35)38/h13-14,18,39H,3-12,15-17H2,1-2H3,(H,30,36,38). The van der Waals surface area contributed by atoms with Gasteiger partial charge in [-0.25, -0.2) is 9.18 Å². The summed E-state index contributed by atoms with van der Waals surface area (Å²) >= 11 is 0. The third-order valence-electron chi connectivity index (χ3n) is 9.15. The number of amides is 4. The van der Waals surface area contributed by atoms with Crippen LogP contribution in [0.15, 0.2) is 12.1 Å². The molecule has 0 aliphatic carbocycles. The molecule has 2 aromatic rings. The van der Waals surface area contributed by atoms with Gasteiger partial charge in [0.1, 0.15) is 5.82 Å². The second kappa shape index (κ2) is 9.99. The molecular weight excluding hydrogens is 519 g/mol. The number of ether oxygens (including phenoxy) is 1. The summed E-state index contributed by atoms with van der Waals surface area (Å²) in [5.41, 5.74) is -0.172. The van der Waals surface area contributed by atoms with Crippen LogP contribution in [0.1, 0.15) is 51.9 Å². The Hall–Kier alpha value is -3.25. The lowest BCUT2D eigenvalue weighted by Gasteiger charge is -2.42. The van der Waals surface area contributed by atoms with E-state index in [0.717, 1.165) is 25.9 Å². The van der Waals surface area contributed by atoms with E-state index in [4.69, 9.17) is 4.74 Å². The van der Waals surface area contributed by atoms with E-state index in [2.05, 4.69) is 17.3 Å². The van der Waals surface area contributed by atoms with Gasteiger partial charge in [-0.2, -0.15) is 5.10 Å². The molecule has 6 rings (SSSR count). The van der Waals surface area contributed by atoms with Crippen molar-refractivity contribution < 1.29 is 28.6 Å². The number of carbonyl (C=O) groups excluding carboxylic acids is 3. The van der Waals surface area contributed by atoms with Crippen LogP contribution in [0.4, 0.5) is 20.7 Å². The minimum atomic E-state index is -1.12. The molecule has 4 fully saturated rings. The number of nitrogens with one attached hydrogen (secondary N) is 1. The topological polar surface area (TPSA) is 120 Å². The van der Waals surface area contributed by atoms with Crippen molar-refractivity contribution >= 4 is 40.3 Å². The van der Waals surface area contributed by atoms with Crippen molar-refractivity contribution in [1.29, 1.82) is 0 Å². The first-order chi connectivity index (χ1) is 19.0. The Morgan fingerprint density at radius 3 is 2.52 bits per heavy atom. The highest BCUT2D eigenvalue weighted by Gasteiger charge is 2.43.